The molecule has 0 radical (unpaired) electrons. The molecule has 0 saturated heterocycles. The van der Waals surface area contributed by atoms with Crippen molar-refractivity contribution in [3.63, 3.8) is 0 Å². The fourth-order valence-corrected chi connectivity index (χ4v) is 1.96. The van der Waals surface area contributed by atoms with Crippen LogP contribution < -0.4 is 10.9 Å². The maximum absolute atomic E-state index is 11.5. The van der Waals surface area contributed by atoms with E-state index in [1.807, 2.05) is 13.0 Å². The van der Waals surface area contributed by atoms with Crippen molar-refractivity contribution in [2.24, 2.45) is 0 Å². The number of urea groups is 1. The van der Waals surface area contributed by atoms with Crippen LogP contribution in [0, 0.1) is 0 Å². The number of nitrogens with zero attached hydrogens (tertiary/aromatic N) is 1. The van der Waals surface area contributed by atoms with Crippen molar-refractivity contribution in [2.45, 2.75) is 32.6 Å². The lowest BCUT2D eigenvalue weighted by Crippen LogP contribution is -2.45. The van der Waals surface area contributed by atoms with Gasteiger partial charge in [-0.2, -0.15) is 0 Å². The molecule has 0 heterocycles. The highest BCUT2D eigenvalue weighted by atomic mass is 16.2. The zero-order valence-electron chi connectivity index (χ0n) is 12.1. The van der Waals surface area contributed by atoms with E-state index in [-0.39, 0.29) is 6.03 Å². The largest absolute Gasteiger partial charge is 0.331 e. The molecular weight excluding hydrogens is 238 g/mol. The Balaban J connectivity index is 2.30. The first-order chi connectivity index (χ1) is 9.19. The molecule has 19 heavy (non-hydrogen) atoms. The minimum absolute atomic E-state index is 0.0877. The van der Waals surface area contributed by atoms with Crippen LogP contribution in [0.5, 0.6) is 0 Å². The Morgan fingerprint density at radius 2 is 1.95 bits per heavy atom. The second kappa shape index (κ2) is 8.53. The normalized spacial score (nSPS) is 11.9. The highest BCUT2D eigenvalue weighted by Gasteiger charge is 2.09. The van der Waals surface area contributed by atoms with Crippen molar-refractivity contribution in [1.29, 1.82) is 0 Å². The van der Waals surface area contributed by atoms with E-state index >= 15 is 0 Å². The standard InChI is InChI=1S/C15H25N3O/c1-4-13(14-9-7-6-8-10-14)11-12-16-17-15(19)18(3)5-2/h6-10,13,16H,4-5,11-12H2,1-3H3,(H,17,19). The molecule has 4 nitrogen and oxygen atoms in total. The smallest absolute Gasteiger partial charge is 0.327 e. The van der Waals surface area contributed by atoms with Crippen LogP contribution in [0.25, 0.3) is 0 Å². The summed E-state index contributed by atoms with van der Waals surface area (Å²) in [5, 5.41) is 0. The third-order valence-electron chi connectivity index (χ3n) is 3.40. The van der Waals surface area contributed by atoms with Gasteiger partial charge in [-0.05, 0) is 31.2 Å². The van der Waals surface area contributed by atoms with Crippen LogP contribution in [-0.2, 0) is 0 Å². The monoisotopic (exact) mass is 263 g/mol. The summed E-state index contributed by atoms with van der Waals surface area (Å²) in [6.45, 7) is 5.62. The fraction of sp³-hybridized carbons (Fsp3) is 0.533. The number of carbonyl (C=O) groups is 1. The van der Waals surface area contributed by atoms with Gasteiger partial charge in [-0.15, -0.1) is 0 Å². The van der Waals surface area contributed by atoms with Gasteiger partial charge in [-0.3, -0.25) is 5.43 Å². The van der Waals surface area contributed by atoms with Gasteiger partial charge in [-0.25, -0.2) is 10.2 Å². The number of nitrogens with one attached hydrogen (secondary N) is 2. The molecule has 2 amide bonds. The van der Waals surface area contributed by atoms with Crippen LogP contribution in [0.15, 0.2) is 30.3 Å². The van der Waals surface area contributed by atoms with Crippen molar-refractivity contribution >= 4 is 6.03 Å². The topological polar surface area (TPSA) is 44.4 Å². The van der Waals surface area contributed by atoms with Gasteiger partial charge in [0.05, 0.1) is 0 Å². The minimum atomic E-state index is -0.0877. The molecule has 0 saturated carbocycles. The molecule has 1 atom stereocenters. The lowest BCUT2D eigenvalue weighted by Gasteiger charge is -2.18. The second-order valence-corrected chi connectivity index (χ2v) is 4.68. The predicted octanol–water partition coefficient (Wildman–Crippen LogP) is 2.74. The average molecular weight is 263 g/mol. The van der Waals surface area contributed by atoms with Crippen LogP contribution in [0.3, 0.4) is 0 Å². The van der Waals surface area contributed by atoms with E-state index in [1.165, 1.54) is 5.56 Å². The summed E-state index contributed by atoms with van der Waals surface area (Å²) in [6, 6.07) is 10.4. The van der Waals surface area contributed by atoms with E-state index in [1.54, 1.807) is 11.9 Å². The highest BCUT2D eigenvalue weighted by Crippen LogP contribution is 2.21. The Hall–Kier alpha value is -1.55. The molecule has 0 aromatic heterocycles. The Kier molecular flexibility index (Phi) is 6.97. The summed E-state index contributed by atoms with van der Waals surface area (Å²) in [6.07, 6.45) is 2.12. The van der Waals surface area contributed by atoms with Crippen LogP contribution in [0.4, 0.5) is 4.79 Å². The van der Waals surface area contributed by atoms with Crippen molar-refractivity contribution in [2.75, 3.05) is 20.1 Å². The molecule has 1 unspecified atom stereocenters. The summed E-state index contributed by atoms with van der Waals surface area (Å²) in [5.41, 5.74) is 7.06. The molecule has 2 N–H and O–H groups in total. The molecule has 1 rings (SSSR count). The van der Waals surface area contributed by atoms with E-state index in [2.05, 4.69) is 42.0 Å². The Morgan fingerprint density at radius 3 is 2.53 bits per heavy atom. The van der Waals surface area contributed by atoms with Crippen molar-refractivity contribution < 1.29 is 4.79 Å². The van der Waals surface area contributed by atoms with Gasteiger partial charge >= 0.3 is 6.03 Å². The van der Waals surface area contributed by atoms with E-state index in [0.717, 1.165) is 19.4 Å². The van der Waals surface area contributed by atoms with Crippen LogP contribution in [0.1, 0.15) is 38.2 Å². The summed E-state index contributed by atoms with van der Waals surface area (Å²) < 4.78 is 0. The third-order valence-corrected chi connectivity index (χ3v) is 3.40. The Labute approximate surface area is 116 Å². The quantitative estimate of drug-likeness (QED) is 0.587. The zero-order chi connectivity index (χ0) is 14.1. The van der Waals surface area contributed by atoms with E-state index in [9.17, 15) is 4.79 Å². The lowest BCUT2D eigenvalue weighted by molar-refractivity contribution is 0.206. The van der Waals surface area contributed by atoms with Gasteiger partial charge in [-0.1, -0.05) is 37.3 Å². The number of benzene rings is 1. The fourth-order valence-electron chi connectivity index (χ4n) is 1.96. The number of hydrazine groups is 1. The number of rotatable bonds is 7. The molecule has 0 bridgehead atoms. The molecule has 1 aromatic rings. The molecule has 0 aliphatic rings. The number of hydrogen-bond acceptors (Lipinski definition) is 2. The first-order valence-corrected chi connectivity index (χ1v) is 6.97. The number of hydrogen-bond donors (Lipinski definition) is 2. The highest BCUT2D eigenvalue weighted by molar-refractivity contribution is 5.73. The van der Waals surface area contributed by atoms with E-state index in [0.29, 0.717) is 12.5 Å². The Bertz CT molecular complexity index is 367. The summed E-state index contributed by atoms with van der Waals surface area (Å²) in [4.78, 5) is 13.1. The van der Waals surface area contributed by atoms with Crippen LogP contribution in [0.2, 0.25) is 0 Å². The molecule has 0 fully saturated rings. The average Bonchev–Trinajstić information content (AvgIpc) is 2.47. The van der Waals surface area contributed by atoms with Gasteiger partial charge in [0.25, 0.3) is 0 Å². The maximum atomic E-state index is 11.5. The van der Waals surface area contributed by atoms with Crippen LogP contribution >= 0.6 is 0 Å². The first kappa shape index (κ1) is 15.5. The third kappa shape index (κ3) is 5.30. The van der Waals surface area contributed by atoms with Crippen molar-refractivity contribution in [1.82, 2.24) is 15.8 Å². The summed E-state index contributed by atoms with van der Waals surface area (Å²) >= 11 is 0. The maximum Gasteiger partial charge on any atom is 0.331 e. The van der Waals surface area contributed by atoms with Crippen molar-refractivity contribution in [3.05, 3.63) is 35.9 Å². The molecule has 1 aromatic carbocycles. The molecule has 4 heteroatoms. The van der Waals surface area contributed by atoms with E-state index < -0.39 is 0 Å². The van der Waals surface area contributed by atoms with Gasteiger partial charge in [0, 0.05) is 20.1 Å². The number of carbonyl (C=O) groups excluding carboxylic acids is 1. The number of amides is 2. The first-order valence-electron chi connectivity index (χ1n) is 6.97. The van der Waals surface area contributed by atoms with Crippen molar-refractivity contribution in [3.8, 4) is 0 Å². The zero-order valence-corrected chi connectivity index (χ0v) is 12.1. The molecule has 0 aliphatic heterocycles. The summed E-state index contributed by atoms with van der Waals surface area (Å²) in [5.74, 6) is 0.537. The van der Waals surface area contributed by atoms with Gasteiger partial charge < -0.3 is 4.90 Å². The second-order valence-electron chi connectivity index (χ2n) is 4.68. The molecule has 0 aliphatic carbocycles. The van der Waals surface area contributed by atoms with Gasteiger partial charge in [0.1, 0.15) is 0 Å². The van der Waals surface area contributed by atoms with Crippen LogP contribution in [-0.4, -0.2) is 31.1 Å². The van der Waals surface area contributed by atoms with Gasteiger partial charge in [0.15, 0.2) is 0 Å². The SMILES string of the molecule is CCC(CCNNC(=O)N(C)CC)c1ccccc1. The molecular formula is C15H25N3O. The predicted molar refractivity (Wildman–Crippen MR) is 78.9 cm³/mol. The summed E-state index contributed by atoms with van der Waals surface area (Å²) in [7, 11) is 1.77. The lowest BCUT2D eigenvalue weighted by atomic mass is 9.93. The van der Waals surface area contributed by atoms with Gasteiger partial charge in [0.2, 0.25) is 0 Å². The molecule has 0 spiro atoms. The minimum Gasteiger partial charge on any atom is -0.327 e. The Morgan fingerprint density at radius 1 is 1.26 bits per heavy atom. The molecule has 106 valence electrons. The van der Waals surface area contributed by atoms with E-state index in [4.69, 9.17) is 0 Å².